The van der Waals surface area contributed by atoms with Crippen LogP contribution < -0.4 is 10.6 Å². The quantitative estimate of drug-likeness (QED) is 0.538. The fraction of sp³-hybridized carbons (Fsp3) is 0.0833. The molecular formula is C24H18N4O2. The number of nitrogens with one attached hydrogen (secondary N) is 2. The number of rotatable bonds is 3. The van der Waals surface area contributed by atoms with Gasteiger partial charge in [-0.25, -0.2) is 4.98 Å². The summed E-state index contributed by atoms with van der Waals surface area (Å²) in [6, 6.07) is 18.7. The molecule has 0 spiro atoms. The molecule has 6 heteroatoms. The fourth-order valence-corrected chi connectivity index (χ4v) is 3.69. The molecule has 2 N–H and O–H groups in total. The minimum atomic E-state index is -0.205. The molecule has 30 heavy (non-hydrogen) atoms. The highest BCUT2D eigenvalue weighted by Gasteiger charge is 2.17. The highest BCUT2D eigenvalue weighted by atomic mass is 16.2. The first-order valence-corrected chi connectivity index (χ1v) is 9.72. The number of pyridine rings is 2. The number of amides is 2. The van der Waals surface area contributed by atoms with Crippen LogP contribution in [0.2, 0.25) is 0 Å². The van der Waals surface area contributed by atoms with Crippen LogP contribution in [-0.2, 0) is 11.2 Å². The van der Waals surface area contributed by atoms with Crippen LogP contribution in [0.4, 0.5) is 11.4 Å². The van der Waals surface area contributed by atoms with Gasteiger partial charge in [0.15, 0.2) is 0 Å². The summed E-state index contributed by atoms with van der Waals surface area (Å²) in [6.07, 6.45) is 4.53. The molecule has 1 aliphatic rings. The minimum absolute atomic E-state index is 0.0196. The summed E-state index contributed by atoms with van der Waals surface area (Å²) < 4.78 is 0. The lowest BCUT2D eigenvalue weighted by Crippen LogP contribution is -2.19. The van der Waals surface area contributed by atoms with Gasteiger partial charge in [-0.15, -0.1) is 0 Å². The van der Waals surface area contributed by atoms with E-state index in [4.69, 9.17) is 4.98 Å². The van der Waals surface area contributed by atoms with Gasteiger partial charge < -0.3 is 10.6 Å². The Balaban J connectivity index is 1.52. The van der Waals surface area contributed by atoms with Gasteiger partial charge in [-0.05, 0) is 54.4 Å². The highest BCUT2D eigenvalue weighted by molar-refractivity contribution is 6.13. The SMILES string of the molecule is O=C1CCc2cc(NC(=O)c3cc(-c4ccncc4)nc4ccccc34)ccc2N1. The van der Waals surface area contributed by atoms with E-state index < -0.39 is 0 Å². The largest absolute Gasteiger partial charge is 0.326 e. The van der Waals surface area contributed by atoms with E-state index in [1.165, 1.54) is 0 Å². The number of nitrogens with zero attached hydrogens (tertiary/aromatic N) is 2. The average molecular weight is 394 g/mol. The van der Waals surface area contributed by atoms with Gasteiger partial charge in [0.1, 0.15) is 0 Å². The second kappa shape index (κ2) is 7.40. The predicted octanol–water partition coefficient (Wildman–Crippen LogP) is 4.43. The maximum absolute atomic E-state index is 13.2. The topological polar surface area (TPSA) is 84.0 Å². The smallest absolute Gasteiger partial charge is 0.256 e. The number of hydrogen-bond acceptors (Lipinski definition) is 4. The summed E-state index contributed by atoms with van der Waals surface area (Å²) in [5.74, 6) is -0.185. The van der Waals surface area contributed by atoms with Gasteiger partial charge in [0.25, 0.3) is 5.91 Å². The first-order valence-electron chi connectivity index (χ1n) is 9.72. The Morgan fingerprint density at radius 1 is 0.967 bits per heavy atom. The second-order valence-corrected chi connectivity index (χ2v) is 7.18. The molecule has 0 aliphatic carbocycles. The van der Waals surface area contributed by atoms with E-state index in [0.717, 1.165) is 33.4 Å². The van der Waals surface area contributed by atoms with Crippen molar-refractivity contribution < 1.29 is 9.59 Å². The molecule has 0 fully saturated rings. The zero-order valence-corrected chi connectivity index (χ0v) is 16.1. The van der Waals surface area contributed by atoms with Crippen LogP contribution in [0.1, 0.15) is 22.3 Å². The summed E-state index contributed by atoms with van der Waals surface area (Å²) in [4.78, 5) is 33.5. The standard InChI is InChI=1S/C24H18N4O2/c29-23-8-5-16-13-17(6-7-20(16)28-23)26-24(30)19-14-22(15-9-11-25-12-10-15)27-21-4-2-1-3-18(19)21/h1-4,6-7,9-14H,5,8H2,(H,26,30)(H,28,29). The molecule has 3 heterocycles. The van der Waals surface area contributed by atoms with Crippen LogP contribution in [-0.4, -0.2) is 21.8 Å². The van der Waals surface area contributed by atoms with E-state index in [1.54, 1.807) is 18.5 Å². The summed E-state index contributed by atoms with van der Waals surface area (Å²) in [7, 11) is 0. The lowest BCUT2D eigenvalue weighted by atomic mass is 10.0. The van der Waals surface area contributed by atoms with Crippen LogP contribution >= 0.6 is 0 Å². The summed E-state index contributed by atoms with van der Waals surface area (Å²) in [5, 5.41) is 6.65. The number of aromatic nitrogens is 2. The Labute approximate surface area is 173 Å². The van der Waals surface area contributed by atoms with Crippen LogP contribution in [0.3, 0.4) is 0 Å². The van der Waals surface area contributed by atoms with E-state index in [2.05, 4.69) is 15.6 Å². The number of para-hydroxylation sites is 1. The molecule has 5 rings (SSSR count). The lowest BCUT2D eigenvalue weighted by Gasteiger charge is -2.18. The van der Waals surface area contributed by atoms with E-state index in [9.17, 15) is 9.59 Å². The summed E-state index contributed by atoms with van der Waals surface area (Å²) in [6.45, 7) is 0. The molecule has 2 aromatic heterocycles. The highest BCUT2D eigenvalue weighted by Crippen LogP contribution is 2.28. The van der Waals surface area contributed by atoms with Crippen molar-refractivity contribution in [3.05, 3.63) is 84.2 Å². The van der Waals surface area contributed by atoms with Gasteiger partial charge in [0, 0.05) is 41.1 Å². The van der Waals surface area contributed by atoms with E-state index >= 15 is 0 Å². The van der Waals surface area contributed by atoms with Crippen molar-refractivity contribution in [1.29, 1.82) is 0 Å². The van der Waals surface area contributed by atoms with Crippen molar-refractivity contribution >= 4 is 34.1 Å². The van der Waals surface area contributed by atoms with Crippen molar-refractivity contribution in [1.82, 2.24) is 9.97 Å². The van der Waals surface area contributed by atoms with Crippen molar-refractivity contribution in [2.75, 3.05) is 10.6 Å². The lowest BCUT2D eigenvalue weighted by molar-refractivity contribution is -0.116. The molecule has 4 aromatic rings. The summed E-state index contributed by atoms with van der Waals surface area (Å²) in [5.41, 5.74) is 5.44. The maximum atomic E-state index is 13.2. The summed E-state index contributed by atoms with van der Waals surface area (Å²) >= 11 is 0. The predicted molar refractivity (Wildman–Crippen MR) is 116 cm³/mol. The number of carbonyl (C=O) groups excluding carboxylic acids is 2. The Kier molecular flexibility index (Phi) is 4.44. The van der Waals surface area contributed by atoms with Crippen LogP contribution in [0, 0.1) is 0 Å². The van der Waals surface area contributed by atoms with Crippen LogP contribution in [0.15, 0.2) is 73.1 Å². The third-order valence-corrected chi connectivity index (χ3v) is 5.20. The van der Waals surface area contributed by atoms with Crippen molar-refractivity contribution in [3.8, 4) is 11.3 Å². The maximum Gasteiger partial charge on any atom is 0.256 e. The number of carbonyl (C=O) groups is 2. The molecule has 6 nitrogen and oxygen atoms in total. The van der Waals surface area contributed by atoms with Gasteiger partial charge in [-0.2, -0.15) is 0 Å². The first kappa shape index (κ1) is 18.0. The second-order valence-electron chi connectivity index (χ2n) is 7.18. The average Bonchev–Trinajstić information content (AvgIpc) is 2.79. The zero-order chi connectivity index (χ0) is 20.5. The van der Waals surface area contributed by atoms with Gasteiger partial charge in [-0.1, -0.05) is 18.2 Å². The Hall–Kier alpha value is -4.06. The monoisotopic (exact) mass is 394 g/mol. The Morgan fingerprint density at radius 2 is 1.80 bits per heavy atom. The van der Waals surface area contributed by atoms with E-state index in [0.29, 0.717) is 24.1 Å². The zero-order valence-electron chi connectivity index (χ0n) is 16.1. The fourth-order valence-electron chi connectivity index (χ4n) is 3.69. The number of anilines is 2. The molecule has 0 unspecified atom stereocenters. The normalized spacial score (nSPS) is 12.9. The van der Waals surface area contributed by atoms with Crippen molar-refractivity contribution in [2.45, 2.75) is 12.8 Å². The molecule has 0 atom stereocenters. The van der Waals surface area contributed by atoms with E-state index in [-0.39, 0.29) is 11.8 Å². The first-order chi connectivity index (χ1) is 14.7. The third-order valence-electron chi connectivity index (χ3n) is 5.20. The van der Waals surface area contributed by atoms with Crippen LogP contribution in [0.5, 0.6) is 0 Å². The van der Waals surface area contributed by atoms with Crippen molar-refractivity contribution in [2.24, 2.45) is 0 Å². The van der Waals surface area contributed by atoms with Gasteiger partial charge in [-0.3, -0.25) is 14.6 Å². The van der Waals surface area contributed by atoms with Gasteiger partial charge in [0.2, 0.25) is 5.91 Å². The van der Waals surface area contributed by atoms with Gasteiger partial charge >= 0.3 is 0 Å². The number of benzene rings is 2. The molecule has 2 aromatic carbocycles. The Morgan fingerprint density at radius 3 is 2.67 bits per heavy atom. The van der Waals surface area contributed by atoms with Crippen molar-refractivity contribution in [3.63, 3.8) is 0 Å². The van der Waals surface area contributed by atoms with Gasteiger partial charge in [0.05, 0.1) is 16.8 Å². The molecule has 1 aliphatic heterocycles. The molecule has 146 valence electrons. The van der Waals surface area contributed by atoms with Crippen LogP contribution in [0.25, 0.3) is 22.2 Å². The van der Waals surface area contributed by atoms with E-state index in [1.807, 2.05) is 54.6 Å². The molecule has 0 saturated carbocycles. The molecule has 2 amide bonds. The minimum Gasteiger partial charge on any atom is -0.326 e. The number of aryl methyl sites for hydroxylation is 1. The molecule has 0 bridgehead atoms. The third kappa shape index (κ3) is 3.39. The number of hydrogen-bond donors (Lipinski definition) is 2. The molecule has 0 saturated heterocycles. The Bertz CT molecular complexity index is 1290. The molecule has 0 radical (unpaired) electrons. The molecular weight excluding hydrogens is 376 g/mol. The number of fused-ring (bicyclic) bond motifs is 2.